The summed E-state index contributed by atoms with van der Waals surface area (Å²) in [6, 6.07) is 6.69. The summed E-state index contributed by atoms with van der Waals surface area (Å²) in [5.74, 6) is -0.536. The van der Waals surface area contributed by atoms with Gasteiger partial charge in [-0.1, -0.05) is 12.1 Å². The van der Waals surface area contributed by atoms with E-state index in [0.29, 0.717) is 23.4 Å². The van der Waals surface area contributed by atoms with Crippen LogP contribution in [0.4, 0.5) is 5.69 Å². The van der Waals surface area contributed by atoms with E-state index in [1.54, 1.807) is 24.3 Å². The quantitative estimate of drug-likeness (QED) is 0.846. The number of anilines is 1. The van der Waals surface area contributed by atoms with Crippen molar-refractivity contribution in [2.45, 2.75) is 19.8 Å². The third-order valence-corrected chi connectivity index (χ3v) is 3.00. The summed E-state index contributed by atoms with van der Waals surface area (Å²) >= 11 is 0. The normalized spacial score (nSPS) is 14.8. The average molecular weight is 273 g/mol. The molecule has 1 aromatic carbocycles. The highest BCUT2D eigenvalue weighted by molar-refractivity contribution is 6.43. The molecule has 0 aromatic heterocycles. The molecule has 0 aliphatic carbocycles. The van der Waals surface area contributed by atoms with Gasteiger partial charge in [0.15, 0.2) is 5.78 Å². The molecule has 0 bridgehead atoms. The number of nitrogens with one attached hydrogen (secondary N) is 1. The lowest BCUT2D eigenvalue weighted by Crippen LogP contribution is -2.34. The molecule has 2 amide bonds. The monoisotopic (exact) mass is 273 g/mol. The molecule has 0 radical (unpaired) electrons. The lowest BCUT2D eigenvalue weighted by Gasteiger charge is -2.18. The fourth-order valence-corrected chi connectivity index (χ4v) is 1.85. The Bertz CT molecular complexity index is 607. The molecule has 0 saturated carbocycles. The van der Waals surface area contributed by atoms with Crippen molar-refractivity contribution in [2.24, 2.45) is 5.10 Å². The Balaban J connectivity index is 2.12. The van der Waals surface area contributed by atoms with Crippen molar-refractivity contribution in [1.29, 1.82) is 0 Å². The number of rotatable bonds is 3. The Kier molecular flexibility index (Phi) is 3.93. The second-order valence-electron chi connectivity index (χ2n) is 4.56. The minimum atomic E-state index is -0.356. The fraction of sp³-hybridized carbons (Fsp3) is 0.286. The summed E-state index contributed by atoms with van der Waals surface area (Å²) in [5.41, 5.74) is 1.37. The lowest BCUT2D eigenvalue weighted by atomic mass is 10.1. The van der Waals surface area contributed by atoms with Gasteiger partial charge in [0.05, 0.1) is 0 Å². The molecule has 0 atom stereocenters. The highest BCUT2D eigenvalue weighted by Gasteiger charge is 2.22. The third-order valence-electron chi connectivity index (χ3n) is 3.00. The molecule has 20 heavy (non-hydrogen) atoms. The van der Waals surface area contributed by atoms with Crippen LogP contribution in [-0.2, 0) is 9.59 Å². The van der Waals surface area contributed by atoms with E-state index in [-0.39, 0.29) is 24.0 Å². The van der Waals surface area contributed by atoms with Gasteiger partial charge in [0, 0.05) is 31.1 Å². The van der Waals surface area contributed by atoms with E-state index in [0.717, 1.165) is 0 Å². The topological polar surface area (TPSA) is 78.8 Å². The van der Waals surface area contributed by atoms with Crippen molar-refractivity contribution in [2.75, 3.05) is 12.4 Å². The first-order valence-corrected chi connectivity index (χ1v) is 6.24. The highest BCUT2D eigenvalue weighted by Crippen LogP contribution is 2.13. The first-order chi connectivity index (χ1) is 9.47. The predicted octanol–water partition coefficient (Wildman–Crippen LogP) is 1.44. The van der Waals surface area contributed by atoms with Gasteiger partial charge in [-0.25, -0.2) is 5.01 Å². The summed E-state index contributed by atoms with van der Waals surface area (Å²) in [4.78, 5) is 34.6. The zero-order valence-electron chi connectivity index (χ0n) is 11.3. The van der Waals surface area contributed by atoms with Crippen molar-refractivity contribution in [3.8, 4) is 0 Å². The van der Waals surface area contributed by atoms with Crippen molar-refractivity contribution in [3.05, 3.63) is 29.8 Å². The third kappa shape index (κ3) is 3.09. The molecule has 1 heterocycles. The standard InChI is InChI=1S/C14H15N3O3/c1-9(18)10-4-3-5-11(8-10)15-14(20)12-6-7-13(19)17(2)16-12/h3-5,8H,6-7H2,1-2H3,(H,15,20). The molecule has 6 heteroatoms. The molecule has 1 aromatic rings. The first kappa shape index (κ1) is 13.9. The molecule has 0 fully saturated rings. The van der Waals surface area contributed by atoms with Crippen molar-refractivity contribution < 1.29 is 14.4 Å². The van der Waals surface area contributed by atoms with Crippen molar-refractivity contribution in [1.82, 2.24) is 5.01 Å². The highest BCUT2D eigenvalue weighted by atomic mass is 16.2. The van der Waals surface area contributed by atoms with Gasteiger partial charge in [0.1, 0.15) is 5.71 Å². The van der Waals surface area contributed by atoms with E-state index < -0.39 is 0 Å². The van der Waals surface area contributed by atoms with Gasteiger partial charge in [-0.05, 0) is 19.1 Å². The van der Waals surface area contributed by atoms with Crippen LogP contribution in [0.25, 0.3) is 0 Å². The Morgan fingerprint density at radius 1 is 1.30 bits per heavy atom. The maximum Gasteiger partial charge on any atom is 0.271 e. The Morgan fingerprint density at radius 3 is 2.70 bits per heavy atom. The Morgan fingerprint density at radius 2 is 2.05 bits per heavy atom. The van der Waals surface area contributed by atoms with Gasteiger partial charge in [-0.3, -0.25) is 14.4 Å². The average Bonchev–Trinajstić information content (AvgIpc) is 2.42. The molecular formula is C14H15N3O3. The van der Waals surface area contributed by atoms with Gasteiger partial charge in [-0.15, -0.1) is 0 Å². The van der Waals surface area contributed by atoms with Gasteiger partial charge >= 0.3 is 0 Å². The zero-order chi connectivity index (χ0) is 14.7. The summed E-state index contributed by atoms with van der Waals surface area (Å²) in [7, 11) is 1.52. The Labute approximate surface area is 116 Å². The number of hydrogen-bond acceptors (Lipinski definition) is 4. The number of Topliss-reactive ketones (excluding diaryl/α,β-unsaturated/α-hetero) is 1. The lowest BCUT2D eigenvalue weighted by molar-refractivity contribution is -0.130. The number of ketones is 1. The van der Waals surface area contributed by atoms with Crippen LogP contribution in [0.1, 0.15) is 30.1 Å². The van der Waals surface area contributed by atoms with Crippen LogP contribution in [-0.4, -0.2) is 35.4 Å². The van der Waals surface area contributed by atoms with Gasteiger partial charge < -0.3 is 5.32 Å². The summed E-state index contributed by atoms with van der Waals surface area (Å²) in [6.07, 6.45) is 0.595. The number of amides is 2. The van der Waals surface area contributed by atoms with Crippen molar-refractivity contribution >= 4 is 29.0 Å². The Hall–Kier alpha value is -2.50. The van der Waals surface area contributed by atoms with E-state index in [1.165, 1.54) is 19.0 Å². The first-order valence-electron chi connectivity index (χ1n) is 6.24. The van der Waals surface area contributed by atoms with E-state index in [9.17, 15) is 14.4 Å². The van der Waals surface area contributed by atoms with E-state index >= 15 is 0 Å². The van der Waals surface area contributed by atoms with Crippen LogP contribution < -0.4 is 5.32 Å². The van der Waals surface area contributed by atoms with E-state index in [2.05, 4.69) is 10.4 Å². The number of benzene rings is 1. The van der Waals surface area contributed by atoms with E-state index in [1.807, 2.05) is 0 Å². The van der Waals surface area contributed by atoms with Crippen LogP contribution in [0.5, 0.6) is 0 Å². The second kappa shape index (κ2) is 5.64. The SMILES string of the molecule is CC(=O)c1cccc(NC(=O)C2=NN(C)C(=O)CC2)c1. The van der Waals surface area contributed by atoms with Gasteiger partial charge in [-0.2, -0.15) is 5.10 Å². The fourth-order valence-electron chi connectivity index (χ4n) is 1.85. The molecule has 0 unspecified atom stereocenters. The molecule has 6 nitrogen and oxygen atoms in total. The van der Waals surface area contributed by atoms with E-state index in [4.69, 9.17) is 0 Å². The predicted molar refractivity (Wildman–Crippen MR) is 74.5 cm³/mol. The summed E-state index contributed by atoms with van der Waals surface area (Å²) < 4.78 is 0. The maximum atomic E-state index is 12.0. The summed E-state index contributed by atoms with van der Waals surface area (Å²) in [6.45, 7) is 1.47. The smallest absolute Gasteiger partial charge is 0.271 e. The zero-order valence-corrected chi connectivity index (χ0v) is 11.3. The van der Waals surface area contributed by atoms with Crippen LogP contribution in [0.15, 0.2) is 29.4 Å². The minimum Gasteiger partial charge on any atom is -0.321 e. The molecule has 1 aliphatic rings. The van der Waals surface area contributed by atoms with Crippen molar-refractivity contribution in [3.63, 3.8) is 0 Å². The second-order valence-corrected chi connectivity index (χ2v) is 4.56. The molecule has 1 aliphatic heterocycles. The number of carbonyl (C=O) groups excluding carboxylic acids is 3. The van der Waals surface area contributed by atoms with Crippen LogP contribution in [0, 0.1) is 0 Å². The van der Waals surface area contributed by atoms with Crippen LogP contribution >= 0.6 is 0 Å². The van der Waals surface area contributed by atoms with Gasteiger partial charge in [0.25, 0.3) is 5.91 Å². The molecule has 0 saturated heterocycles. The number of hydrogen-bond donors (Lipinski definition) is 1. The van der Waals surface area contributed by atoms with Crippen LogP contribution in [0.2, 0.25) is 0 Å². The maximum absolute atomic E-state index is 12.0. The molecule has 2 rings (SSSR count). The number of carbonyl (C=O) groups is 3. The largest absolute Gasteiger partial charge is 0.321 e. The van der Waals surface area contributed by atoms with Gasteiger partial charge in [0.2, 0.25) is 5.91 Å². The van der Waals surface area contributed by atoms with Crippen LogP contribution in [0.3, 0.4) is 0 Å². The molecular weight excluding hydrogens is 258 g/mol. The molecule has 1 N–H and O–H groups in total. The molecule has 0 spiro atoms. The number of nitrogens with zero attached hydrogens (tertiary/aromatic N) is 2. The minimum absolute atomic E-state index is 0.0681. The summed E-state index contributed by atoms with van der Waals surface area (Å²) in [5, 5.41) is 7.79. The number of hydrazone groups is 1. The molecule has 104 valence electrons.